The van der Waals surface area contributed by atoms with E-state index in [1.165, 1.54) is 18.2 Å². The third-order valence-corrected chi connectivity index (χ3v) is 6.74. The number of benzene rings is 3. The van der Waals surface area contributed by atoms with Crippen molar-refractivity contribution in [3.63, 3.8) is 0 Å². The van der Waals surface area contributed by atoms with Gasteiger partial charge in [-0.15, -0.1) is 0 Å². The molecule has 2 aliphatic heterocycles. The van der Waals surface area contributed by atoms with E-state index in [0.29, 0.717) is 26.1 Å². The molecule has 5 rings (SSSR count). The zero-order chi connectivity index (χ0) is 23.7. The summed E-state index contributed by atoms with van der Waals surface area (Å²) in [4.78, 5) is 28.9. The van der Waals surface area contributed by atoms with Gasteiger partial charge in [-0.3, -0.25) is 14.9 Å². The molecule has 0 saturated carbocycles. The van der Waals surface area contributed by atoms with Crippen LogP contribution in [0.4, 0.5) is 21.5 Å². The molecule has 0 bridgehead atoms. The number of nitro groups is 1. The molecular weight excluding hydrogens is 435 g/mol. The van der Waals surface area contributed by atoms with Crippen LogP contribution in [0, 0.1) is 21.8 Å². The fourth-order valence-corrected chi connectivity index (χ4v) is 5.02. The van der Waals surface area contributed by atoms with Crippen molar-refractivity contribution >= 4 is 23.0 Å². The largest absolute Gasteiger partial charge is 0.368 e. The normalized spacial score (nSPS) is 19.2. The molecule has 1 N–H and O–H groups in total. The number of piperazine rings is 1. The van der Waals surface area contributed by atoms with Crippen molar-refractivity contribution < 1.29 is 14.1 Å². The molecule has 0 unspecified atom stereocenters. The maximum Gasteiger partial charge on any atom is 0.269 e. The number of nitrogens with one attached hydrogen (secondary N) is 1. The second-order valence-electron chi connectivity index (χ2n) is 8.77. The smallest absolute Gasteiger partial charge is 0.269 e. The molecule has 174 valence electrons. The number of nitrogens with zero attached hydrogens (tertiary/aromatic N) is 3. The Balaban J connectivity index is 1.42. The van der Waals surface area contributed by atoms with Gasteiger partial charge in [-0.05, 0) is 47.9 Å². The number of amides is 1. The van der Waals surface area contributed by atoms with Gasteiger partial charge in [0.15, 0.2) is 0 Å². The van der Waals surface area contributed by atoms with E-state index in [1.807, 2.05) is 24.3 Å². The highest BCUT2D eigenvalue weighted by Gasteiger charge is 2.42. The first-order valence-corrected chi connectivity index (χ1v) is 11.4. The van der Waals surface area contributed by atoms with Crippen LogP contribution >= 0.6 is 0 Å². The van der Waals surface area contributed by atoms with Crippen LogP contribution in [-0.4, -0.2) is 36.5 Å². The van der Waals surface area contributed by atoms with Gasteiger partial charge in [0, 0.05) is 49.7 Å². The summed E-state index contributed by atoms with van der Waals surface area (Å²) >= 11 is 0. The quantitative estimate of drug-likeness (QED) is 0.461. The number of halogens is 1. The van der Waals surface area contributed by atoms with Crippen molar-refractivity contribution in [1.82, 2.24) is 5.32 Å². The highest BCUT2D eigenvalue weighted by atomic mass is 19.1. The number of rotatable bonds is 5. The number of carbonyl (C=O) groups is 1. The summed E-state index contributed by atoms with van der Waals surface area (Å²) in [5, 5.41) is 14.4. The Bertz CT molecular complexity index is 1200. The van der Waals surface area contributed by atoms with Crippen LogP contribution in [0.1, 0.15) is 11.1 Å². The Hall–Kier alpha value is -3.94. The third-order valence-electron chi connectivity index (χ3n) is 6.74. The molecule has 1 amide bonds. The molecule has 2 atom stereocenters. The molecule has 3 aromatic rings. The minimum atomic E-state index is -0.399. The molecule has 0 radical (unpaired) electrons. The SMILES string of the molecule is O=C(NCc1ccc(F)cc1)[C@@H]1Cc2cc([N+](=O)[O-])ccc2N2CCN(c3ccccc3)C[C@H]12. The van der Waals surface area contributed by atoms with Crippen molar-refractivity contribution in [1.29, 1.82) is 0 Å². The summed E-state index contributed by atoms with van der Waals surface area (Å²) in [6.07, 6.45) is 0.427. The van der Waals surface area contributed by atoms with E-state index in [1.54, 1.807) is 18.2 Å². The monoisotopic (exact) mass is 460 g/mol. The van der Waals surface area contributed by atoms with Crippen LogP contribution in [0.25, 0.3) is 0 Å². The molecule has 2 aliphatic rings. The summed E-state index contributed by atoms with van der Waals surface area (Å²) < 4.78 is 13.2. The van der Waals surface area contributed by atoms with Crippen molar-refractivity contribution in [2.45, 2.75) is 19.0 Å². The lowest BCUT2D eigenvalue weighted by molar-refractivity contribution is -0.384. The predicted molar refractivity (Wildman–Crippen MR) is 128 cm³/mol. The van der Waals surface area contributed by atoms with Gasteiger partial charge in [-0.1, -0.05) is 30.3 Å². The molecule has 34 heavy (non-hydrogen) atoms. The summed E-state index contributed by atoms with van der Waals surface area (Å²) in [7, 11) is 0. The Morgan fingerprint density at radius 1 is 1.06 bits per heavy atom. The molecule has 0 aliphatic carbocycles. The average Bonchev–Trinajstić information content (AvgIpc) is 2.87. The lowest BCUT2D eigenvalue weighted by atomic mass is 9.83. The van der Waals surface area contributed by atoms with Crippen LogP contribution in [0.2, 0.25) is 0 Å². The van der Waals surface area contributed by atoms with E-state index in [0.717, 1.165) is 29.0 Å². The molecule has 2 heterocycles. The zero-order valence-electron chi connectivity index (χ0n) is 18.6. The summed E-state index contributed by atoms with van der Waals surface area (Å²) in [6.45, 7) is 2.48. The second kappa shape index (κ2) is 9.13. The third kappa shape index (κ3) is 4.31. The van der Waals surface area contributed by atoms with Gasteiger partial charge >= 0.3 is 0 Å². The minimum Gasteiger partial charge on any atom is -0.368 e. The van der Waals surface area contributed by atoms with E-state index in [9.17, 15) is 19.3 Å². The number of anilines is 2. The standard InChI is InChI=1S/C26H25FN4O3/c27-20-8-6-18(7-9-20)16-28-26(32)23-15-19-14-22(31(33)34)10-11-24(19)30-13-12-29(17-25(23)30)21-4-2-1-3-5-21/h1-11,14,23,25H,12-13,15-17H2,(H,28,32)/t23-,25-/m1/s1. The summed E-state index contributed by atoms with van der Waals surface area (Å²) in [5.41, 5.74) is 3.74. The number of carbonyl (C=O) groups excluding carboxylic acids is 1. The van der Waals surface area contributed by atoms with E-state index >= 15 is 0 Å². The number of hydrogen-bond acceptors (Lipinski definition) is 5. The van der Waals surface area contributed by atoms with Gasteiger partial charge < -0.3 is 15.1 Å². The van der Waals surface area contributed by atoms with Crippen LogP contribution in [0.15, 0.2) is 72.8 Å². The molecular formula is C26H25FN4O3. The van der Waals surface area contributed by atoms with Crippen molar-refractivity contribution in [2.24, 2.45) is 5.92 Å². The van der Waals surface area contributed by atoms with Crippen LogP contribution in [0.5, 0.6) is 0 Å². The van der Waals surface area contributed by atoms with E-state index in [-0.39, 0.29) is 29.4 Å². The van der Waals surface area contributed by atoms with Gasteiger partial charge in [0.2, 0.25) is 5.91 Å². The highest BCUT2D eigenvalue weighted by Crippen LogP contribution is 2.38. The number of para-hydroxylation sites is 1. The highest BCUT2D eigenvalue weighted by molar-refractivity contribution is 5.82. The summed E-state index contributed by atoms with van der Waals surface area (Å²) in [6, 6.07) is 21.0. The number of hydrogen-bond donors (Lipinski definition) is 1. The lowest BCUT2D eigenvalue weighted by Crippen LogP contribution is -2.61. The summed E-state index contributed by atoms with van der Waals surface area (Å²) in [5.74, 6) is -0.799. The van der Waals surface area contributed by atoms with Crippen molar-refractivity contribution in [3.05, 3.63) is 99.9 Å². The first-order valence-electron chi connectivity index (χ1n) is 11.4. The van der Waals surface area contributed by atoms with E-state index < -0.39 is 4.92 Å². The zero-order valence-corrected chi connectivity index (χ0v) is 18.6. The van der Waals surface area contributed by atoms with Crippen LogP contribution < -0.4 is 15.1 Å². The lowest BCUT2D eigenvalue weighted by Gasteiger charge is -2.49. The Morgan fingerprint density at radius 3 is 2.56 bits per heavy atom. The van der Waals surface area contributed by atoms with E-state index in [4.69, 9.17) is 0 Å². The van der Waals surface area contributed by atoms with Gasteiger partial charge in [0.05, 0.1) is 16.9 Å². The molecule has 7 nitrogen and oxygen atoms in total. The second-order valence-corrected chi connectivity index (χ2v) is 8.77. The van der Waals surface area contributed by atoms with Crippen LogP contribution in [-0.2, 0) is 17.8 Å². The van der Waals surface area contributed by atoms with Gasteiger partial charge in [0.25, 0.3) is 5.69 Å². The van der Waals surface area contributed by atoms with E-state index in [2.05, 4.69) is 27.2 Å². The van der Waals surface area contributed by atoms with Gasteiger partial charge in [-0.2, -0.15) is 0 Å². The number of fused-ring (bicyclic) bond motifs is 3. The number of non-ortho nitro benzene ring substituents is 1. The molecule has 8 heteroatoms. The maximum absolute atomic E-state index is 13.4. The molecule has 0 spiro atoms. The molecule has 1 saturated heterocycles. The Morgan fingerprint density at radius 2 is 1.82 bits per heavy atom. The van der Waals surface area contributed by atoms with Gasteiger partial charge in [0.1, 0.15) is 5.82 Å². The van der Waals surface area contributed by atoms with Crippen LogP contribution in [0.3, 0.4) is 0 Å². The van der Waals surface area contributed by atoms with Gasteiger partial charge in [-0.25, -0.2) is 4.39 Å². The van der Waals surface area contributed by atoms with Crippen molar-refractivity contribution in [3.8, 4) is 0 Å². The molecule has 1 fully saturated rings. The topological polar surface area (TPSA) is 78.7 Å². The fraction of sp³-hybridized carbons (Fsp3) is 0.269. The maximum atomic E-state index is 13.4. The first-order chi connectivity index (χ1) is 16.5. The average molecular weight is 461 g/mol. The minimum absolute atomic E-state index is 0.0330. The Labute approximate surface area is 197 Å². The molecule has 0 aromatic heterocycles. The first kappa shape index (κ1) is 21.9. The molecule has 3 aromatic carbocycles. The Kier molecular flexibility index (Phi) is 5.88. The predicted octanol–water partition coefficient (Wildman–Crippen LogP) is 3.92. The fourth-order valence-electron chi connectivity index (χ4n) is 5.02. The number of nitro benzene ring substituents is 1. The van der Waals surface area contributed by atoms with Crippen molar-refractivity contribution in [2.75, 3.05) is 29.4 Å².